The van der Waals surface area contributed by atoms with E-state index in [0.717, 1.165) is 10.3 Å². The maximum Gasteiger partial charge on any atom is 0.158 e. The average Bonchev–Trinajstić information content (AvgIpc) is 2.87. The molecule has 0 spiro atoms. The van der Waals surface area contributed by atoms with E-state index in [1.165, 1.54) is 6.33 Å². The molecule has 0 unspecified atom stereocenters. The summed E-state index contributed by atoms with van der Waals surface area (Å²) in [4.78, 5) is 10.7. The van der Waals surface area contributed by atoms with Gasteiger partial charge in [0.15, 0.2) is 5.82 Å². The predicted octanol–water partition coefficient (Wildman–Crippen LogP) is 2.11. The van der Waals surface area contributed by atoms with Crippen LogP contribution in [0.5, 0.6) is 0 Å². The van der Waals surface area contributed by atoms with Crippen LogP contribution in [0, 0.1) is 0 Å². The molecule has 21 heavy (non-hydrogen) atoms. The fourth-order valence-electron chi connectivity index (χ4n) is 2.67. The van der Waals surface area contributed by atoms with Gasteiger partial charge in [-0.1, -0.05) is 11.6 Å². The minimum atomic E-state index is -0.930. The Morgan fingerprint density at radius 3 is 2.62 bits per heavy atom. The fourth-order valence-corrected chi connectivity index (χ4v) is 3.56. The van der Waals surface area contributed by atoms with Gasteiger partial charge in [0.1, 0.15) is 17.7 Å². The first kappa shape index (κ1) is 14.7. The summed E-state index contributed by atoms with van der Waals surface area (Å²) < 4.78 is 2.49. The third-order valence-corrected chi connectivity index (χ3v) is 4.60. The minimum Gasteiger partial charge on any atom is -0.382 e. The molecule has 0 aliphatic carbocycles. The van der Waals surface area contributed by atoms with Gasteiger partial charge in [0.05, 0.1) is 9.50 Å². The van der Waals surface area contributed by atoms with Crippen LogP contribution in [0.15, 0.2) is 23.1 Å². The van der Waals surface area contributed by atoms with Gasteiger partial charge in [0.2, 0.25) is 0 Å². The van der Waals surface area contributed by atoms with E-state index in [4.69, 9.17) is 11.6 Å². The molecule has 1 fully saturated rings. The number of aromatic nitrogens is 4. The van der Waals surface area contributed by atoms with Crippen LogP contribution < -0.4 is 4.90 Å². The summed E-state index contributed by atoms with van der Waals surface area (Å²) in [6.45, 7) is 1.38. The highest BCUT2D eigenvalue weighted by Gasteiger charge is 2.38. The van der Waals surface area contributed by atoms with Gasteiger partial charge in [0.25, 0.3) is 0 Å². The third kappa shape index (κ3) is 2.77. The van der Waals surface area contributed by atoms with E-state index in [1.807, 2.05) is 6.07 Å². The predicted molar refractivity (Wildman–Crippen MR) is 83.3 cm³/mol. The van der Waals surface area contributed by atoms with E-state index in [1.54, 1.807) is 17.9 Å². The first-order valence-electron chi connectivity index (χ1n) is 6.62. The van der Waals surface area contributed by atoms with Gasteiger partial charge in [-0.2, -0.15) is 5.10 Å². The number of anilines is 1. The second-order valence-corrected chi connectivity index (χ2v) is 6.48. The van der Waals surface area contributed by atoms with Crippen LogP contribution in [0.3, 0.4) is 0 Å². The van der Waals surface area contributed by atoms with Gasteiger partial charge in [-0.15, -0.1) is 0 Å². The monoisotopic (exact) mass is 371 g/mol. The van der Waals surface area contributed by atoms with Crippen molar-refractivity contribution in [3.63, 3.8) is 0 Å². The van der Waals surface area contributed by atoms with Gasteiger partial charge >= 0.3 is 0 Å². The number of nitrogens with zero attached hydrogens (tertiary/aromatic N) is 5. The Morgan fingerprint density at radius 1 is 1.33 bits per heavy atom. The van der Waals surface area contributed by atoms with Crippen molar-refractivity contribution < 1.29 is 5.11 Å². The number of hydrogen-bond acceptors (Lipinski definition) is 5. The van der Waals surface area contributed by atoms with Crippen LogP contribution in [0.2, 0.25) is 5.02 Å². The summed E-state index contributed by atoms with van der Waals surface area (Å²) in [7, 11) is 1.80. The molecular formula is C13H15BrClN5O. The molecule has 2 aromatic rings. The van der Waals surface area contributed by atoms with Crippen molar-refractivity contribution >= 4 is 33.3 Å². The van der Waals surface area contributed by atoms with Gasteiger partial charge in [-0.25, -0.2) is 9.97 Å². The molecule has 2 aromatic heterocycles. The van der Waals surface area contributed by atoms with E-state index in [2.05, 4.69) is 35.9 Å². The molecule has 1 saturated heterocycles. The molecule has 0 aromatic carbocycles. The van der Waals surface area contributed by atoms with Crippen molar-refractivity contribution in [2.45, 2.75) is 18.4 Å². The number of rotatable bonds is 2. The first-order valence-corrected chi connectivity index (χ1v) is 7.79. The Labute approximate surface area is 135 Å². The second-order valence-electron chi connectivity index (χ2n) is 5.18. The molecule has 0 bridgehead atoms. The smallest absolute Gasteiger partial charge is 0.158 e. The zero-order valence-corrected chi connectivity index (χ0v) is 13.8. The molecule has 8 heteroatoms. The first-order chi connectivity index (χ1) is 9.99. The summed E-state index contributed by atoms with van der Waals surface area (Å²) in [5.41, 5.74) is -0.930. The number of halogens is 2. The molecule has 0 saturated carbocycles. The molecule has 0 amide bonds. The molecule has 0 radical (unpaired) electrons. The Kier molecular flexibility index (Phi) is 3.90. The largest absolute Gasteiger partial charge is 0.382 e. The summed E-state index contributed by atoms with van der Waals surface area (Å²) in [5.74, 6) is 1.46. The van der Waals surface area contributed by atoms with Crippen LogP contribution in [0.1, 0.15) is 18.7 Å². The Hall–Kier alpha value is -1.18. The van der Waals surface area contributed by atoms with E-state index < -0.39 is 5.60 Å². The summed E-state index contributed by atoms with van der Waals surface area (Å²) >= 11 is 9.40. The molecule has 3 rings (SSSR count). The Morgan fingerprint density at radius 2 is 2.05 bits per heavy atom. The number of aryl methyl sites for hydroxylation is 1. The summed E-state index contributed by atoms with van der Waals surface area (Å²) in [5, 5.41) is 15.4. The highest BCUT2D eigenvalue weighted by molar-refractivity contribution is 9.10. The summed E-state index contributed by atoms with van der Waals surface area (Å²) in [6, 6.07) is 1.83. The topological polar surface area (TPSA) is 67.1 Å². The standard InChI is InChI=1S/C13H15BrClN5O/c1-19-12(17-8-18-19)13(21)2-4-20(5-3-13)11-10(14)6-9(15)7-16-11/h6-8,21H,2-5H2,1H3. The van der Waals surface area contributed by atoms with Crippen molar-refractivity contribution in [1.82, 2.24) is 19.7 Å². The molecule has 1 N–H and O–H groups in total. The normalized spacial score (nSPS) is 18.0. The molecule has 1 aliphatic rings. The molecule has 112 valence electrons. The highest BCUT2D eigenvalue weighted by Crippen LogP contribution is 2.35. The lowest BCUT2D eigenvalue weighted by Crippen LogP contribution is -2.44. The zero-order chi connectivity index (χ0) is 15.0. The number of aliphatic hydroxyl groups is 1. The number of hydrogen-bond donors (Lipinski definition) is 1. The number of piperidine rings is 1. The van der Waals surface area contributed by atoms with E-state index in [9.17, 15) is 5.11 Å². The van der Waals surface area contributed by atoms with Crippen molar-refractivity contribution in [2.75, 3.05) is 18.0 Å². The fraction of sp³-hybridized carbons (Fsp3) is 0.462. The van der Waals surface area contributed by atoms with Gasteiger partial charge in [-0.3, -0.25) is 4.68 Å². The van der Waals surface area contributed by atoms with Crippen molar-refractivity contribution in [3.05, 3.63) is 33.9 Å². The van der Waals surface area contributed by atoms with Crippen LogP contribution in [-0.2, 0) is 12.6 Å². The second kappa shape index (κ2) is 5.55. The maximum atomic E-state index is 10.8. The zero-order valence-electron chi connectivity index (χ0n) is 11.5. The minimum absolute atomic E-state index is 0.580. The third-order valence-electron chi connectivity index (χ3n) is 3.81. The lowest BCUT2D eigenvalue weighted by Gasteiger charge is -2.38. The summed E-state index contributed by atoms with van der Waals surface area (Å²) in [6.07, 6.45) is 4.26. The average molecular weight is 373 g/mol. The molecular weight excluding hydrogens is 358 g/mol. The molecule has 3 heterocycles. The Bertz CT molecular complexity index is 654. The Balaban J connectivity index is 1.77. The lowest BCUT2D eigenvalue weighted by molar-refractivity contribution is -0.000196. The van der Waals surface area contributed by atoms with E-state index in [0.29, 0.717) is 36.8 Å². The SMILES string of the molecule is Cn1ncnc1C1(O)CCN(c2ncc(Cl)cc2Br)CC1. The van der Waals surface area contributed by atoms with Crippen molar-refractivity contribution in [1.29, 1.82) is 0 Å². The van der Waals surface area contributed by atoms with E-state index in [-0.39, 0.29) is 0 Å². The highest BCUT2D eigenvalue weighted by atomic mass is 79.9. The maximum absolute atomic E-state index is 10.8. The van der Waals surface area contributed by atoms with Crippen LogP contribution >= 0.6 is 27.5 Å². The van der Waals surface area contributed by atoms with E-state index >= 15 is 0 Å². The molecule has 6 nitrogen and oxygen atoms in total. The molecule has 0 atom stereocenters. The van der Waals surface area contributed by atoms with Crippen LogP contribution in [0.4, 0.5) is 5.82 Å². The molecule has 1 aliphatic heterocycles. The van der Waals surface area contributed by atoms with Crippen LogP contribution in [0.25, 0.3) is 0 Å². The number of pyridine rings is 1. The van der Waals surface area contributed by atoms with Crippen molar-refractivity contribution in [2.24, 2.45) is 7.05 Å². The quantitative estimate of drug-likeness (QED) is 0.874. The van der Waals surface area contributed by atoms with Crippen LogP contribution in [-0.4, -0.2) is 37.9 Å². The van der Waals surface area contributed by atoms with Gasteiger partial charge < -0.3 is 10.0 Å². The van der Waals surface area contributed by atoms with Crippen molar-refractivity contribution in [3.8, 4) is 0 Å². The van der Waals surface area contributed by atoms with Gasteiger partial charge in [0, 0.05) is 39.2 Å². The lowest BCUT2D eigenvalue weighted by atomic mass is 9.90. The van der Waals surface area contributed by atoms with Gasteiger partial charge in [-0.05, 0) is 22.0 Å².